The third-order valence-electron chi connectivity index (χ3n) is 8.75. The van der Waals surface area contributed by atoms with E-state index >= 15 is 0 Å². The summed E-state index contributed by atoms with van der Waals surface area (Å²) in [5.41, 5.74) is 0. The van der Waals surface area contributed by atoms with Crippen LogP contribution >= 0.6 is 7.82 Å². The molecule has 1 amide bonds. The van der Waals surface area contributed by atoms with Crippen LogP contribution in [0.15, 0.2) is 97.2 Å². The molecule has 0 aliphatic rings. The van der Waals surface area contributed by atoms with Gasteiger partial charge in [0.05, 0.1) is 13.2 Å². The van der Waals surface area contributed by atoms with Gasteiger partial charge in [0.15, 0.2) is 0 Å². The fraction of sp³-hybridized carbons (Fsp3) is 0.625. The van der Waals surface area contributed by atoms with E-state index in [1.54, 1.807) is 0 Å². The predicted octanol–water partition coefficient (Wildman–Crippen LogP) is 12.6. The predicted molar refractivity (Wildman–Crippen MR) is 242 cm³/mol. The molecule has 0 heterocycles. The number of carbonyl (C=O) groups is 2. The third-order valence-corrected chi connectivity index (χ3v) is 9.73. The molecular formula is C48H80NO8P. The fourth-order valence-corrected chi connectivity index (χ4v) is 6.18. The van der Waals surface area contributed by atoms with E-state index in [4.69, 9.17) is 13.8 Å². The zero-order chi connectivity index (χ0) is 42.5. The molecular weight excluding hydrogens is 750 g/mol. The lowest BCUT2D eigenvalue weighted by Crippen LogP contribution is -2.27. The third kappa shape index (κ3) is 44.0. The van der Waals surface area contributed by atoms with Crippen molar-refractivity contribution in [2.45, 2.75) is 168 Å². The maximum atomic E-state index is 12.1. The van der Waals surface area contributed by atoms with E-state index in [-0.39, 0.29) is 32.1 Å². The Bertz CT molecular complexity index is 1270. The second-order valence-electron chi connectivity index (χ2n) is 14.3. The maximum Gasteiger partial charge on any atom is 0.472 e. The lowest BCUT2D eigenvalue weighted by molar-refractivity contribution is -0.147. The van der Waals surface area contributed by atoms with E-state index in [9.17, 15) is 24.2 Å². The number of allylic oxidation sites excluding steroid dienone is 16. The summed E-state index contributed by atoms with van der Waals surface area (Å²) in [6.07, 6.45) is 56.3. The monoisotopic (exact) mass is 830 g/mol. The molecule has 0 aliphatic carbocycles. The molecule has 0 bridgehead atoms. The topological polar surface area (TPSA) is 131 Å². The molecule has 0 fully saturated rings. The molecule has 10 heteroatoms. The van der Waals surface area contributed by atoms with E-state index in [0.717, 1.165) is 89.9 Å². The van der Waals surface area contributed by atoms with Crippen molar-refractivity contribution in [1.29, 1.82) is 0 Å². The first-order valence-electron chi connectivity index (χ1n) is 22.2. The number of rotatable bonds is 40. The first-order valence-corrected chi connectivity index (χ1v) is 23.7. The average Bonchev–Trinajstić information content (AvgIpc) is 3.21. The highest BCUT2D eigenvalue weighted by molar-refractivity contribution is 7.47. The van der Waals surface area contributed by atoms with Gasteiger partial charge < -0.3 is 20.1 Å². The van der Waals surface area contributed by atoms with Gasteiger partial charge in [0, 0.05) is 19.4 Å². The summed E-state index contributed by atoms with van der Waals surface area (Å²) < 4.78 is 26.8. The average molecular weight is 830 g/mol. The van der Waals surface area contributed by atoms with Gasteiger partial charge in [0.25, 0.3) is 0 Å². The number of hydrogen-bond acceptors (Lipinski definition) is 7. The zero-order valence-corrected chi connectivity index (χ0v) is 37.1. The Morgan fingerprint density at radius 1 is 0.552 bits per heavy atom. The van der Waals surface area contributed by atoms with Crippen LogP contribution in [0.4, 0.5) is 0 Å². The van der Waals surface area contributed by atoms with Crippen molar-refractivity contribution in [3.05, 3.63) is 97.2 Å². The number of hydrogen-bond donors (Lipinski definition) is 3. The lowest BCUT2D eigenvalue weighted by atomic mass is 10.1. The number of aliphatic hydroxyl groups excluding tert-OH is 1. The molecule has 58 heavy (non-hydrogen) atoms. The molecule has 0 aromatic heterocycles. The van der Waals surface area contributed by atoms with E-state index in [0.29, 0.717) is 12.8 Å². The van der Waals surface area contributed by atoms with Crippen molar-refractivity contribution >= 4 is 19.7 Å². The summed E-state index contributed by atoms with van der Waals surface area (Å²) in [5.74, 6) is -0.594. The highest BCUT2D eigenvalue weighted by Gasteiger charge is 2.23. The van der Waals surface area contributed by atoms with Crippen LogP contribution in [-0.2, 0) is 27.9 Å². The fourth-order valence-electron chi connectivity index (χ4n) is 5.42. The molecule has 2 unspecified atom stereocenters. The second-order valence-corrected chi connectivity index (χ2v) is 15.7. The highest BCUT2D eigenvalue weighted by Crippen LogP contribution is 2.42. The van der Waals surface area contributed by atoms with Gasteiger partial charge in [-0.2, -0.15) is 0 Å². The summed E-state index contributed by atoms with van der Waals surface area (Å²) in [5, 5.41) is 12.7. The molecule has 0 saturated heterocycles. The van der Waals surface area contributed by atoms with Crippen molar-refractivity contribution in [1.82, 2.24) is 5.32 Å². The number of aliphatic hydroxyl groups is 1. The molecule has 0 aliphatic heterocycles. The van der Waals surface area contributed by atoms with Gasteiger partial charge in [-0.05, 0) is 89.9 Å². The van der Waals surface area contributed by atoms with Crippen molar-refractivity contribution in [3.63, 3.8) is 0 Å². The normalized spacial score (nSPS) is 14.2. The molecule has 0 aromatic rings. The van der Waals surface area contributed by atoms with Crippen LogP contribution in [-0.4, -0.2) is 54.3 Å². The molecule has 2 atom stereocenters. The number of unbranched alkanes of at least 4 members (excludes halogenated alkanes) is 11. The van der Waals surface area contributed by atoms with Gasteiger partial charge in [0.2, 0.25) is 5.91 Å². The molecule has 0 rings (SSSR count). The van der Waals surface area contributed by atoms with Crippen LogP contribution < -0.4 is 5.32 Å². The van der Waals surface area contributed by atoms with Crippen molar-refractivity contribution in [2.75, 3.05) is 26.4 Å². The molecule has 9 nitrogen and oxygen atoms in total. The molecule has 0 radical (unpaired) electrons. The van der Waals surface area contributed by atoms with Crippen LogP contribution in [0.2, 0.25) is 0 Å². The molecule has 0 aromatic carbocycles. The van der Waals surface area contributed by atoms with Gasteiger partial charge in [0.1, 0.15) is 12.7 Å². The zero-order valence-electron chi connectivity index (χ0n) is 36.2. The number of ether oxygens (including phenoxy) is 1. The van der Waals surface area contributed by atoms with E-state index in [1.165, 1.54) is 38.5 Å². The Hall–Kier alpha value is -3.07. The van der Waals surface area contributed by atoms with Crippen molar-refractivity contribution in [3.8, 4) is 0 Å². The Morgan fingerprint density at radius 2 is 1.00 bits per heavy atom. The minimum absolute atomic E-state index is 0.0434. The van der Waals surface area contributed by atoms with Gasteiger partial charge in [-0.3, -0.25) is 18.6 Å². The smallest absolute Gasteiger partial charge is 0.463 e. The van der Waals surface area contributed by atoms with E-state index in [2.05, 4.69) is 116 Å². The van der Waals surface area contributed by atoms with Crippen LogP contribution in [0.3, 0.4) is 0 Å². The minimum Gasteiger partial charge on any atom is -0.463 e. The van der Waals surface area contributed by atoms with Crippen LogP contribution in [0.1, 0.15) is 162 Å². The number of esters is 1. The van der Waals surface area contributed by atoms with E-state index in [1.807, 2.05) is 0 Å². The quantitative estimate of drug-likeness (QED) is 0.0241. The second kappa shape index (κ2) is 43.5. The Balaban J connectivity index is 3.74. The van der Waals surface area contributed by atoms with Crippen molar-refractivity contribution < 1.29 is 37.9 Å². The number of amides is 1. The Morgan fingerprint density at radius 3 is 1.53 bits per heavy atom. The summed E-state index contributed by atoms with van der Waals surface area (Å²) in [6, 6.07) is 0. The van der Waals surface area contributed by atoms with E-state index < -0.39 is 26.5 Å². The number of phosphoric acid groups is 1. The van der Waals surface area contributed by atoms with Gasteiger partial charge in [-0.15, -0.1) is 0 Å². The first-order chi connectivity index (χ1) is 28.3. The summed E-state index contributed by atoms with van der Waals surface area (Å²) in [6.45, 7) is 3.32. The van der Waals surface area contributed by atoms with Crippen LogP contribution in [0.25, 0.3) is 0 Å². The Labute approximate surface area is 353 Å². The molecule has 0 saturated carbocycles. The van der Waals surface area contributed by atoms with Gasteiger partial charge in [-0.25, -0.2) is 4.57 Å². The number of phosphoric ester groups is 1. The largest absolute Gasteiger partial charge is 0.472 e. The number of nitrogens with one attached hydrogen (secondary N) is 1. The maximum absolute atomic E-state index is 12.1. The Kier molecular flexibility index (Phi) is 41.2. The highest BCUT2D eigenvalue weighted by atomic mass is 31.2. The molecule has 330 valence electrons. The lowest BCUT2D eigenvalue weighted by Gasteiger charge is -2.15. The molecule has 3 N–H and O–H groups in total. The van der Waals surface area contributed by atoms with Crippen molar-refractivity contribution in [2.24, 2.45) is 0 Å². The number of carbonyl (C=O) groups excluding carboxylic acids is 2. The minimum atomic E-state index is -4.44. The van der Waals surface area contributed by atoms with Gasteiger partial charge >= 0.3 is 13.8 Å². The first kappa shape index (κ1) is 54.9. The van der Waals surface area contributed by atoms with Crippen LogP contribution in [0.5, 0.6) is 0 Å². The summed E-state index contributed by atoms with van der Waals surface area (Å²) in [7, 11) is -4.44. The van der Waals surface area contributed by atoms with Crippen LogP contribution in [0, 0.1) is 0 Å². The SMILES string of the molecule is CC/C=C\C/C=C\C/C=C\C/C=C\C/C=C\C/C=C\C/C=C\CCCC(=O)NCCOP(=O)(O)OCC(O)COC(=O)CCCCCCC/C=C\CCCCCCC. The standard InChI is InChI=1S/C48H80NO8P/c1-3-5-7-9-11-13-15-17-19-20-21-22-23-24-25-26-27-28-30-32-34-36-38-40-47(51)49-42-43-56-58(53,54)57-45-46(50)44-55-48(52)41-39-37-35-33-31-29-18-16-14-12-10-8-6-4-2/h5,7,11,13,16-19,21-22,24-25,27-28,32,34,46,50H,3-4,6,8-10,12,14-15,20,23,26,29-31,33,35-45H2,1-2H3,(H,49,51)(H,53,54)/b7-5-,13-11-,18-16-,19-17-,22-21-,25-24-,28-27-,34-32-. The van der Waals surface area contributed by atoms with Gasteiger partial charge in [-0.1, -0.05) is 156 Å². The summed E-state index contributed by atoms with van der Waals surface area (Å²) in [4.78, 5) is 33.9. The molecule has 0 spiro atoms. The summed E-state index contributed by atoms with van der Waals surface area (Å²) >= 11 is 0.